The first-order valence-corrected chi connectivity index (χ1v) is 11.2. The van der Waals surface area contributed by atoms with Gasteiger partial charge in [-0.05, 0) is 36.2 Å². The Labute approximate surface area is 193 Å². The van der Waals surface area contributed by atoms with Gasteiger partial charge in [-0.25, -0.2) is 23.7 Å². The SMILES string of the molecule is OCC[C@@H](Cc1ncccn1)NC(O)c1cccc(F)c1-c1ncc(-c2ccc(F)cc2)s1. The van der Waals surface area contributed by atoms with Crippen molar-refractivity contribution in [3.05, 3.63) is 90.1 Å². The third-order valence-corrected chi connectivity index (χ3v) is 6.17. The molecule has 0 saturated carbocycles. The summed E-state index contributed by atoms with van der Waals surface area (Å²) in [5.41, 5.74) is 1.28. The van der Waals surface area contributed by atoms with E-state index in [0.717, 1.165) is 10.4 Å². The van der Waals surface area contributed by atoms with Crippen molar-refractivity contribution in [1.29, 1.82) is 0 Å². The van der Waals surface area contributed by atoms with Gasteiger partial charge in [0.1, 0.15) is 28.7 Å². The Hall–Kier alpha value is -3.11. The van der Waals surface area contributed by atoms with E-state index in [-0.39, 0.29) is 24.0 Å². The average molecular weight is 469 g/mol. The molecule has 9 heteroatoms. The molecule has 0 aliphatic carbocycles. The fraction of sp³-hybridized carbons (Fsp3) is 0.208. The molecule has 3 N–H and O–H groups in total. The number of aromatic nitrogens is 3. The Balaban J connectivity index is 1.60. The van der Waals surface area contributed by atoms with Crippen molar-refractivity contribution in [3.8, 4) is 21.0 Å². The number of aliphatic hydroxyl groups is 2. The minimum absolute atomic E-state index is 0.0965. The second-order valence-corrected chi connectivity index (χ2v) is 8.42. The summed E-state index contributed by atoms with van der Waals surface area (Å²) >= 11 is 1.25. The van der Waals surface area contributed by atoms with Crippen molar-refractivity contribution in [2.75, 3.05) is 6.61 Å². The van der Waals surface area contributed by atoms with Crippen LogP contribution in [0.4, 0.5) is 8.78 Å². The van der Waals surface area contributed by atoms with Gasteiger partial charge in [-0.15, -0.1) is 11.3 Å². The van der Waals surface area contributed by atoms with Crippen LogP contribution in [0.5, 0.6) is 0 Å². The number of benzene rings is 2. The summed E-state index contributed by atoms with van der Waals surface area (Å²) in [5, 5.41) is 23.8. The van der Waals surface area contributed by atoms with Crippen molar-refractivity contribution in [2.45, 2.75) is 25.1 Å². The Kier molecular flexibility index (Phi) is 7.46. The summed E-state index contributed by atoms with van der Waals surface area (Å²) in [5.74, 6) is -0.287. The highest BCUT2D eigenvalue weighted by atomic mass is 32.1. The molecule has 4 aromatic rings. The number of thiazole rings is 1. The molecule has 0 fully saturated rings. The predicted molar refractivity (Wildman–Crippen MR) is 122 cm³/mol. The van der Waals surface area contributed by atoms with Gasteiger partial charge < -0.3 is 10.2 Å². The summed E-state index contributed by atoms with van der Waals surface area (Å²) in [6.07, 6.45) is 4.38. The molecule has 0 saturated heterocycles. The number of halogens is 2. The molecule has 0 aliphatic heterocycles. The molecule has 0 radical (unpaired) electrons. The topological polar surface area (TPSA) is 91.2 Å². The molecule has 0 bridgehead atoms. The first-order chi connectivity index (χ1) is 16.0. The first kappa shape index (κ1) is 23.1. The zero-order valence-electron chi connectivity index (χ0n) is 17.5. The van der Waals surface area contributed by atoms with E-state index in [9.17, 15) is 19.0 Å². The van der Waals surface area contributed by atoms with Gasteiger partial charge in [0, 0.05) is 43.2 Å². The largest absolute Gasteiger partial charge is 0.396 e. The summed E-state index contributed by atoms with van der Waals surface area (Å²) in [6.45, 7) is -0.0965. The van der Waals surface area contributed by atoms with Crippen LogP contribution in [0.15, 0.2) is 67.1 Å². The number of nitrogens with one attached hydrogen (secondary N) is 1. The lowest BCUT2D eigenvalue weighted by molar-refractivity contribution is 0.115. The minimum Gasteiger partial charge on any atom is -0.396 e. The van der Waals surface area contributed by atoms with Gasteiger partial charge in [-0.2, -0.15) is 0 Å². The zero-order chi connectivity index (χ0) is 23.2. The van der Waals surface area contributed by atoms with E-state index in [1.807, 2.05) is 0 Å². The van der Waals surface area contributed by atoms with Crippen LogP contribution >= 0.6 is 11.3 Å². The summed E-state index contributed by atoms with van der Waals surface area (Å²) in [6, 6.07) is 11.8. The van der Waals surface area contributed by atoms with Gasteiger partial charge in [0.15, 0.2) is 0 Å². The van der Waals surface area contributed by atoms with E-state index in [1.54, 1.807) is 42.9 Å². The van der Waals surface area contributed by atoms with E-state index >= 15 is 0 Å². The maximum absolute atomic E-state index is 14.9. The van der Waals surface area contributed by atoms with Crippen LogP contribution < -0.4 is 5.32 Å². The average Bonchev–Trinajstić information content (AvgIpc) is 3.30. The number of nitrogens with zero attached hydrogens (tertiary/aromatic N) is 3. The number of aliphatic hydroxyl groups excluding tert-OH is 2. The molecule has 170 valence electrons. The molecule has 0 aliphatic rings. The standard InChI is InChI=1S/C24H22F2N4O2S/c25-16-7-5-15(6-8-16)20-14-29-24(33-20)22-18(3-1-4-19(22)26)23(32)30-17(9-12-31)13-21-27-10-2-11-28-21/h1-8,10-11,14,17,23,30-32H,9,12-13H2/t17-,23?/m0/s1. The molecule has 2 heterocycles. The second-order valence-electron chi connectivity index (χ2n) is 7.39. The van der Waals surface area contributed by atoms with Crippen LogP contribution in [0.2, 0.25) is 0 Å². The second kappa shape index (κ2) is 10.7. The highest BCUT2D eigenvalue weighted by Gasteiger charge is 2.23. The minimum atomic E-state index is -1.21. The lowest BCUT2D eigenvalue weighted by atomic mass is 10.0. The third-order valence-electron chi connectivity index (χ3n) is 5.11. The van der Waals surface area contributed by atoms with E-state index in [4.69, 9.17) is 0 Å². The van der Waals surface area contributed by atoms with Gasteiger partial charge in [0.25, 0.3) is 0 Å². The lowest BCUT2D eigenvalue weighted by Gasteiger charge is -2.23. The molecule has 0 amide bonds. The van der Waals surface area contributed by atoms with Gasteiger partial charge in [-0.3, -0.25) is 5.32 Å². The van der Waals surface area contributed by atoms with Crippen molar-refractivity contribution in [2.24, 2.45) is 0 Å². The molecule has 2 atom stereocenters. The monoisotopic (exact) mass is 468 g/mol. The van der Waals surface area contributed by atoms with Crippen LogP contribution in [-0.4, -0.2) is 37.8 Å². The Morgan fingerprint density at radius 1 is 0.970 bits per heavy atom. The maximum atomic E-state index is 14.9. The predicted octanol–water partition coefficient (Wildman–Crippen LogP) is 4.12. The van der Waals surface area contributed by atoms with Gasteiger partial charge >= 0.3 is 0 Å². The number of hydrogen-bond acceptors (Lipinski definition) is 7. The smallest absolute Gasteiger partial charge is 0.133 e. The molecule has 33 heavy (non-hydrogen) atoms. The van der Waals surface area contributed by atoms with Crippen LogP contribution in [0.25, 0.3) is 21.0 Å². The fourth-order valence-electron chi connectivity index (χ4n) is 3.50. The van der Waals surface area contributed by atoms with Crippen LogP contribution in [0, 0.1) is 11.6 Å². The Morgan fingerprint density at radius 3 is 2.45 bits per heavy atom. The van der Waals surface area contributed by atoms with E-state index in [1.165, 1.54) is 35.6 Å². The fourth-order valence-corrected chi connectivity index (χ4v) is 4.49. The van der Waals surface area contributed by atoms with Crippen LogP contribution in [0.3, 0.4) is 0 Å². The molecule has 2 aromatic heterocycles. The van der Waals surface area contributed by atoms with E-state index in [0.29, 0.717) is 29.2 Å². The molecular weight excluding hydrogens is 446 g/mol. The third kappa shape index (κ3) is 5.63. The van der Waals surface area contributed by atoms with Crippen molar-refractivity contribution < 1.29 is 19.0 Å². The molecule has 2 aromatic carbocycles. The molecule has 6 nitrogen and oxygen atoms in total. The first-order valence-electron chi connectivity index (χ1n) is 10.4. The van der Waals surface area contributed by atoms with Crippen molar-refractivity contribution >= 4 is 11.3 Å². The van der Waals surface area contributed by atoms with Crippen molar-refractivity contribution in [3.63, 3.8) is 0 Å². The number of hydrogen-bond donors (Lipinski definition) is 3. The number of rotatable bonds is 9. The maximum Gasteiger partial charge on any atom is 0.133 e. The van der Waals surface area contributed by atoms with Crippen LogP contribution in [-0.2, 0) is 6.42 Å². The Morgan fingerprint density at radius 2 is 1.73 bits per heavy atom. The summed E-state index contributed by atoms with van der Waals surface area (Å²) < 4.78 is 28.2. The summed E-state index contributed by atoms with van der Waals surface area (Å²) in [4.78, 5) is 13.5. The Bertz CT molecular complexity index is 1190. The van der Waals surface area contributed by atoms with E-state index < -0.39 is 12.0 Å². The zero-order valence-corrected chi connectivity index (χ0v) is 18.3. The molecule has 1 unspecified atom stereocenters. The normalized spacial score (nSPS) is 13.1. The van der Waals surface area contributed by atoms with Gasteiger partial charge in [0.05, 0.1) is 10.4 Å². The lowest BCUT2D eigenvalue weighted by Crippen LogP contribution is -2.36. The highest BCUT2D eigenvalue weighted by Crippen LogP contribution is 2.36. The molecule has 4 rings (SSSR count). The highest BCUT2D eigenvalue weighted by molar-refractivity contribution is 7.18. The summed E-state index contributed by atoms with van der Waals surface area (Å²) in [7, 11) is 0. The van der Waals surface area contributed by atoms with Gasteiger partial charge in [-0.1, -0.05) is 24.3 Å². The van der Waals surface area contributed by atoms with Gasteiger partial charge in [0.2, 0.25) is 0 Å². The quantitative estimate of drug-likeness (QED) is 0.320. The van der Waals surface area contributed by atoms with Crippen molar-refractivity contribution in [1.82, 2.24) is 20.3 Å². The molecular formula is C24H22F2N4O2S. The van der Waals surface area contributed by atoms with Crippen LogP contribution in [0.1, 0.15) is 24.0 Å². The van der Waals surface area contributed by atoms with E-state index in [2.05, 4.69) is 20.3 Å². The molecule has 0 spiro atoms.